The van der Waals surface area contributed by atoms with Crippen LogP contribution in [0.4, 0.5) is 0 Å². The van der Waals surface area contributed by atoms with Gasteiger partial charge in [0.25, 0.3) is 5.56 Å². The van der Waals surface area contributed by atoms with Crippen molar-refractivity contribution in [3.8, 4) is 5.75 Å². The molecule has 0 radical (unpaired) electrons. The van der Waals surface area contributed by atoms with Crippen LogP contribution in [0, 0.1) is 0 Å². The molecule has 120 valence electrons. The van der Waals surface area contributed by atoms with Crippen LogP contribution in [0.3, 0.4) is 0 Å². The third-order valence-corrected chi connectivity index (χ3v) is 4.00. The molecule has 0 amide bonds. The summed E-state index contributed by atoms with van der Waals surface area (Å²) in [4.78, 5) is 14.8. The monoisotopic (exact) mass is 302 g/mol. The zero-order valence-corrected chi connectivity index (χ0v) is 13.8. The molecule has 2 rings (SSSR count). The first-order valence-corrected chi connectivity index (χ1v) is 8.18. The normalized spacial score (nSPS) is 11.3. The van der Waals surface area contributed by atoms with E-state index in [1.807, 2.05) is 30.5 Å². The molecule has 0 N–H and O–H groups in total. The molecule has 22 heavy (non-hydrogen) atoms. The van der Waals surface area contributed by atoms with E-state index in [2.05, 4.69) is 25.7 Å². The number of fused-ring (bicyclic) bond motifs is 1. The number of ether oxygens (including phenoxy) is 1. The Balaban J connectivity index is 2.21. The van der Waals surface area contributed by atoms with E-state index in [1.54, 1.807) is 4.57 Å². The average molecular weight is 302 g/mol. The molecule has 0 unspecified atom stereocenters. The number of rotatable bonds is 8. The zero-order chi connectivity index (χ0) is 15.9. The first kappa shape index (κ1) is 16.6. The largest absolute Gasteiger partial charge is 0.492 e. The minimum absolute atomic E-state index is 0.0635. The van der Waals surface area contributed by atoms with Crippen LogP contribution in [0.5, 0.6) is 5.75 Å². The Hall–Kier alpha value is -1.81. The van der Waals surface area contributed by atoms with Crippen LogP contribution in [0.2, 0.25) is 0 Å². The van der Waals surface area contributed by atoms with Crippen LogP contribution in [0.15, 0.2) is 35.3 Å². The summed E-state index contributed by atoms with van der Waals surface area (Å²) < 4.78 is 7.68. The first-order valence-electron chi connectivity index (χ1n) is 8.18. The maximum absolute atomic E-state index is 12.4. The van der Waals surface area contributed by atoms with Gasteiger partial charge >= 0.3 is 0 Å². The Bertz CT molecular complexity index is 660. The summed E-state index contributed by atoms with van der Waals surface area (Å²) in [6.07, 6.45) is 2.82. The molecule has 0 spiro atoms. The van der Waals surface area contributed by atoms with Gasteiger partial charge in [0.2, 0.25) is 0 Å². The van der Waals surface area contributed by atoms with E-state index in [0.29, 0.717) is 6.61 Å². The molecule has 0 fully saturated rings. The Kier molecular flexibility index (Phi) is 6.01. The number of benzene rings is 1. The standard InChI is InChI=1S/C18H26N2O2/c1-4-11-20-12-10-15-16(18(20)21)8-7-9-17(15)22-14-13-19(5-2)6-3/h7-10,12H,4-6,11,13-14H2,1-3H3. The van der Waals surface area contributed by atoms with E-state index in [-0.39, 0.29) is 5.56 Å². The minimum Gasteiger partial charge on any atom is -0.492 e. The third-order valence-electron chi connectivity index (χ3n) is 4.00. The van der Waals surface area contributed by atoms with Gasteiger partial charge in [-0.1, -0.05) is 26.8 Å². The smallest absolute Gasteiger partial charge is 0.258 e. The van der Waals surface area contributed by atoms with E-state index >= 15 is 0 Å². The van der Waals surface area contributed by atoms with Crippen molar-refractivity contribution in [3.63, 3.8) is 0 Å². The number of aryl methyl sites for hydroxylation is 1. The molecule has 0 atom stereocenters. The summed E-state index contributed by atoms with van der Waals surface area (Å²) in [5, 5.41) is 1.63. The molecule has 1 aromatic heterocycles. The fourth-order valence-corrected chi connectivity index (χ4v) is 2.66. The molecule has 4 nitrogen and oxygen atoms in total. The van der Waals surface area contributed by atoms with E-state index in [1.165, 1.54) is 0 Å². The summed E-state index contributed by atoms with van der Waals surface area (Å²) >= 11 is 0. The Morgan fingerprint density at radius 2 is 1.86 bits per heavy atom. The van der Waals surface area contributed by atoms with Gasteiger partial charge in [-0.3, -0.25) is 4.79 Å². The average Bonchev–Trinajstić information content (AvgIpc) is 2.55. The Labute approximate surface area is 132 Å². The van der Waals surface area contributed by atoms with Crippen molar-refractivity contribution in [3.05, 3.63) is 40.8 Å². The van der Waals surface area contributed by atoms with Gasteiger partial charge in [0, 0.05) is 24.7 Å². The quantitative estimate of drug-likeness (QED) is 0.751. The van der Waals surface area contributed by atoms with Crippen LogP contribution < -0.4 is 10.3 Å². The van der Waals surface area contributed by atoms with E-state index < -0.39 is 0 Å². The highest BCUT2D eigenvalue weighted by Gasteiger charge is 2.07. The minimum atomic E-state index is 0.0635. The Morgan fingerprint density at radius 3 is 2.55 bits per heavy atom. The summed E-state index contributed by atoms with van der Waals surface area (Å²) in [5.74, 6) is 0.797. The maximum Gasteiger partial charge on any atom is 0.258 e. The number of pyridine rings is 1. The lowest BCUT2D eigenvalue weighted by atomic mass is 10.1. The molecule has 0 saturated heterocycles. The lowest BCUT2D eigenvalue weighted by Crippen LogP contribution is -2.28. The molecule has 0 aliphatic carbocycles. The van der Waals surface area contributed by atoms with Crippen LogP contribution in [0.25, 0.3) is 10.8 Å². The number of aromatic nitrogens is 1. The summed E-state index contributed by atoms with van der Waals surface area (Å²) in [5.41, 5.74) is 0.0635. The van der Waals surface area contributed by atoms with Gasteiger partial charge in [0.1, 0.15) is 12.4 Å². The molecule has 4 heteroatoms. The van der Waals surface area contributed by atoms with E-state index in [0.717, 1.165) is 49.1 Å². The van der Waals surface area contributed by atoms with Crippen molar-refractivity contribution < 1.29 is 4.74 Å². The van der Waals surface area contributed by atoms with Gasteiger partial charge < -0.3 is 14.2 Å². The second-order valence-electron chi connectivity index (χ2n) is 5.41. The van der Waals surface area contributed by atoms with Crippen molar-refractivity contribution in [2.75, 3.05) is 26.2 Å². The highest BCUT2D eigenvalue weighted by molar-refractivity contribution is 5.87. The molecule has 0 bridgehead atoms. The predicted octanol–water partition coefficient (Wildman–Crippen LogP) is 3.13. The van der Waals surface area contributed by atoms with Crippen molar-refractivity contribution in [1.29, 1.82) is 0 Å². The van der Waals surface area contributed by atoms with Gasteiger partial charge in [-0.05, 0) is 37.7 Å². The first-order chi connectivity index (χ1) is 10.7. The molecular formula is C18H26N2O2. The zero-order valence-electron chi connectivity index (χ0n) is 13.8. The second-order valence-corrected chi connectivity index (χ2v) is 5.41. The molecule has 2 aromatic rings. The molecule has 1 aromatic carbocycles. The maximum atomic E-state index is 12.4. The third kappa shape index (κ3) is 3.69. The topological polar surface area (TPSA) is 34.5 Å². The summed E-state index contributed by atoms with van der Waals surface area (Å²) in [6.45, 7) is 10.7. The van der Waals surface area contributed by atoms with Crippen LogP contribution in [0.1, 0.15) is 27.2 Å². The fourth-order valence-electron chi connectivity index (χ4n) is 2.66. The highest BCUT2D eigenvalue weighted by Crippen LogP contribution is 2.23. The van der Waals surface area contributed by atoms with Gasteiger partial charge in [-0.2, -0.15) is 0 Å². The molecule has 0 aliphatic rings. The lowest BCUT2D eigenvalue weighted by Gasteiger charge is -2.18. The lowest BCUT2D eigenvalue weighted by molar-refractivity contribution is 0.224. The van der Waals surface area contributed by atoms with Crippen LogP contribution in [-0.2, 0) is 6.54 Å². The number of hydrogen-bond acceptors (Lipinski definition) is 3. The SMILES string of the molecule is CCCn1ccc2c(OCCN(CC)CC)cccc2c1=O. The van der Waals surface area contributed by atoms with Gasteiger partial charge in [-0.15, -0.1) is 0 Å². The van der Waals surface area contributed by atoms with Crippen LogP contribution in [-0.4, -0.2) is 35.7 Å². The van der Waals surface area contributed by atoms with Crippen LogP contribution >= 0.6 is 0 Å². The van der Waals surface area contributed by atoms with Crippen molar-refractivity contribution in [1.82, 2.24) is 9.47 Å². The van der Waals surface area contributed by atoms with Gasteiger partial charge in [0.05, 0.1) is 5.39 Å². The Morgan fingerprint density at radius 1 is 1.09 bits per heavy atom. The molecule has 0 saturated carbocycles. The van der Waals surface area contributed by atoms with Crippen molar-refractivity contribution in [2.24, 2.45) is 0 Å². The second kappa shape index (κ2) is 7.99. The van der Waals surface area contributed by atoms with Gasteiger partial charge in [-0.25, -0.2) is 0 Å². The number of likely N-dealkylation sites (N-methyl/N-ethyl adjacent to an activating group) is 1. The van der Waals surface area contributed by atoms with E-state index in [4.69, 9.17) is 4.74 Å². The fraction of sp³-hybridized carbons (Fsp3) is 0.500. The van der Waals surface area contributed by atoms with Crippen molar-refractivity contribution >= 4 is 10.8 Å². The summed E-state index contributed by atoms with van der Waals surface area (Å²) in [7, 11) is 0. The molecular weight excluding hydrogens is 276 g/mol. The predicted molar refractivity (Wildman–Crippen MR) is 91.8 cm³/mol. The highest BCUT2D eigenvalue weighted by atomic mass is 16.5. The van der Waals surface area contributed by atoms with E-state index in [9.17, 15) is 4.79 Å². The van der Waals surface area contributed by atoms with Gasteiger partial charge in [0.15, 0.2) is 0 Å². The van der Waals surface area contributed by atoms with Crippen molar-refractivity contribution in [2.45, 2.75) is 33.7 Å². The number of nitrogens with zero attached hydrogens (tertiary/aromatic N) is 2. The molecule has 1 heterocycles. The summed E-state index contributed by atoms with van der Waals surface area (Å²) in [6, 6.07) is 7.70. The number of hydrogen-bond donors (Lipinski definition) is 0. The molecule has 0 aliphatic heterocycles.